The summed E-state index contributed by atoms with van der Waals surface area (Å²) >= 11 is 0. The van der Waals surface area contributed by atoms with Crippen LogP contribution in [0.4, 0.5) is 5.82 Å². The summed E-state index contributed by atoms with van der Waals surface area (Å²) in [6, 6.07) is 17.5. The minimum atomic E-state index is -0.199. The number of furan rings is 1. The lowest BCUT2D eigenvalue weighted by Crippen LogP contribution is -2.31. The Morgan fingerprint density at radius 2 is 1.97 bits per heavy atom. The maximum atomic E-state index is 12.2. The van der Waals surface area contributed by atoms with Crippen molar-refractivity contribution in [2.45, 2.75) is 13.1 Å². The van der Waals surface area contributed by atoms with Crippen molar-refractivity contribution in [3.8, 4) is 5.75 Å². The zero-order valence-electron chi connectivity index (χ0n) is 17.8. The van der Waals surface area contributed by atoms with Crippen molar-refractivity contribution >= 4 is 33.5 Å². The van der Waals surface area contributed by atoms with Gasteiger partial charge in [-0.1, -0.05) is 30.3 Å². The number of hydrogen-bond donors (Lipinski definition) is 2. The zero-order valence-corrected chi connectivity index (χ0v) is 17.8. The summed E-state index contributed by atoms with van der Waals surface area (Å²) in [5.41, 5.74) is 0.689. The molecule has 2 N–H and O–H groups in total. The minimum Gasteiger partial charge on any atom is -0.484 e. The summed E-state index contributed by atoms with van der Waals surface area (Å²) in [6.45, 7) is 1.33. The number of anilines is 1. The molecule has 9 nitrogen and oxygen atoms in total. The van der Waals surface area contributed by atoms with Gasteiger partial charge in [-0.3, -0.25) is 4.79 Å². The minimum absolute atomic E-state index is 0.0544. The molecule has 33 heavy (non-hydrogen) atoms. The van der Waals surface area contributed by atoms with Crippen LogP contribution in [0.5, 0.6) is 5.75 Å². The molecule has 9 heteroatoms. The fourth-order valence-corrected chi connectivity index (χ4v) is 3.54. The number of ether oxygens (including phenoxy) is 1. The van der Waals surface area contributed by atoms with E-state index in [0.717, 1.165) is 21.9 Å². The Morgan fingerprint density at radius 3 is 2.85 bits per heavy atom. The molecule has 1 amide bonds. The van der Waals surface area contributed by atoms with Gasteiger partial charge in [0.1, 0.15) is 23.7 Å². The predicted molar refractivity (Wildman–Crippen MR) is 124 cm³/mol. The Balaban J connectivity index is 1.13. The molecule has 0 spiro atoms. The van der Waals surface area contributed by atoms with E-state index < -0.39 is 0 Å². The van der Waals surface area contributed by atoms with Gasteiger partial charge in [-0.25, -0.2) is 14.6 Å². The van der Waals surface area contributed by atoms with Crippen LogP contribution in [0.15, 0.2) is 77.8 Å². The number of rotatable bonds is 9. The fraction of sp³-hybridized carbons (Fsp3) is 0.167. The summed E-state index contributed by atoms with van der Waals surface area (Å²) in [5, 5.41) is 13.5. The Bertz CT molecular complexity index is 1380. The topological polar surface area (TPSA) is 107 Å². The molecule has 0 saturated carbocycles. The highest BCUT2D eigenvalue weighted by molar-refractivity contribution is 5.86. The van der Waals surface area contributed by atoms with Crippen molar-refractivity contribution in [3.63, 3.8) is 0 Å². The monoisotopic (exact) mass is 442 g/mol. The lowest BCUT2D eigenvalue weighted by molar-refractivity contribution is -0.123. The van der Waals surface area contributed by atoms with E-state index in [1.165, 1.54) is 6.33 Å². The third-order valence-electron chi connectivity index (χ3n) is 5.18. The molecule has 0 aliphatic carbocycles. The maximum Gasteiger partial charge on any atom is 0.258 e. The van der Waals surface area contributed by atoms with Crippen LogP contribution in [-0.4, -0.2) is 38.8 Å². The van der Waals surface area contributed by atoms with Crippen LogP contribution >= 0.6 is 0 Å². The van der Waals surface area contributed by atoms with Crippen LogP contribution in [0.25, 0.3) is 21.8 Å². The van der Waals surface area contributed by atoms with E-state index in [-0.39, 0.29) is 12.5 Å². The molecule has 0 aliphatic heterocycles. The third-order valence-corrected chi connectivity index (χ3v) is 5.18. The Morgan fingerprint density at radius 1 is 1.06 bits per heavy atom. The van der Waals surface area contributed by atoms with Gasteiger partial charge in [0.15, 0.2) is 12.3 Å². The fourth-order valence-electron chi connectivity index (χ4n) is 3.54. The van der Waals surface area contributed by atoms with Gasteiger partial charge < -0.3 is 19.8 Å². The van der Waals surface area contributed by atoms with Crippen LogP contribution in [-0.2, 0) is 17.9 Å². The van der Waals surface area contributed by atoms with E-state index in [1.54, 1.807) is 17.1 Å². The van der Waals surface area contributed by atoms with Gasteiger partial charge in [-0.05, 0) is 35.0 Å². The molecule has 5 aromatic rings. The molecular weight excluding hydrogens is 420 g/mol. The molecule has 0 bridgehead atoms. The summed E-state index contributed by atoms with van der Waals surface area (Å²) in [6.07, 6.45) is 4.83. The number of nitrogens with one attached hydrogen (secondary N) is 2. The second-order valence-corrected chi connectivity index (χ2v) is 7.41. The van der Waals surface area contributed by atoms with E-state index in [0.29, 0.717) is 36.8 Å². The number of carbonyl (C=O) groups is 1. The molecule has 0 fully saturated rings. The lowest BCUT2D eigenvalue weighted by atomic mass is 10.1. The summed E-state index contributed by atoms with van der Waals surface area (Å²) in [4.78, 5) is 20.8. The van der Waals surface area contributed by atoms with E-state index in [2.05, 4.69) is 25.7 Å². The molecule has 166 valence electrons. The first-order chi connectivity index (χ1) is 16.3. The molecule has 0 unspecified atom stereocenters. The van der Waals surface area contributed by atoms with Crippen molar-refractivity contribution in [2.75, 3.05) is 18.5 Å². The van der Waals surface area contributed by atoms with Crippen LogP contribution in [0.2, 0.25) is 0 Å². The van der Waals surface area contributed by atoms with Gasteiger partial charge >= 0.3 is 0 Å². The predicted octanol–water partition coefficient (Wildman–Crippen LogP) is 3.38. The first-order valence-electron chi connectivity index (χ1n) is 10.6. The van der Waals surface area contributed by atoms with Gasteiger partial charge in [-0.15, -0.1) is 0 Å². The first-order valence-corrected chi connectivity index (χ1v) is 10.6. The average molecular weight is 442 g/mol. The van der Waals surface area contributed by atoms with Gasteiger partial charge in [-0.2, -0.15) is 5.10 Å². The second kappa shape index (κ2) is 9.39. The van der Waals surface area contributed by atoms with Crippen LogP contribution in [0.3, 0.4) is 0 Å². The summed E-state index contributed by atoms with van der Waals surface area (Å²) < 4.78 is 12.7. The normalized spacial score (nSPS) is 11.0. The maximum absolute atomic E-state index is 12.2. The number of hydrogen-bond acceptors (Lipinski definition) is 7. The zero-order chi connectivity index (χ0) is 22.5. The SMILES string of the molecule is O=C(COc1ccc2ccccc2c1)NCCn1ncc2c(NCc3ccco3)ncnc21. The van der Waals surface area contributed by atoms with Crippen LogP contribution in [0.1, 0.15) is 5.76 Å². The van der Waals surface area contributed by atoms with Crippen molar-refractivity contribution in [3.05, 3.63) is 79.1 Å². The van der Waals surface area contributed by atoms with Crippen molar-refractivity contribution in [2.24, 2.45) is 0 Å². The molecule has 3 aromatic heterocycles. The molecule has 5 rings (SSSR count). The van der Waals surface area contributed by atoms with Gasteiger partial charge in [0, 0.05) is 6.54 Å². The van der Waals surface area contributed by atoms with E-state index in [9.17, 15) is 4.79 Å². The third kappa shape index (κ3) is 4.77. The van der Waals surface area contributed by atoms with Crippen molar-refractivity contribution in [1.82, 2.24) is 25.1 Å². The molecule has 3 heterocycles. The molecule has 0 aliphatic rings. The van der Waals surface area contributed by atoms with Gasteiger partial charge in [0.25, 0.3) is 5.91 Å². The lowest BCUT2D eigenvalue weighted by Gasteiger charge is -2.09. The number of carbonyl (C=O) groups excluding carboxylic acids is 1. The standard InChI is InChI=1S/C24H22N6O3/c31-22(15-33-19-8-7-17-4-1-2-5-18(17)12-19)25-9-10-30-24-21(14-29-30)23(27-16-28-24)26-13-20-6-3-11-32-20/h1-8,11-12,14,16H,9-10,13,15H2,(H,25,31)(H,26,27,28). The smallest absolute Gasteiger partial charge is 0.258 e. The number of nitrogens with zero attached hydrogens (tertiary/aromatic N) is 4. The quantitative estimate of drug-likeness (QED) is 0.360. The highest BCUT2D eigenvalue weighted by atomic mass is 16.5. The molecule has 0 radical (unpaired) electrons. The molecule has 2 aromatic carbocycles. The Hall–Kier alpha value is -4.40. The van der Waals surface area contributed by atoms with E-state index in [1.807, 2.05) is 54.6 Å². The summed E-state index contributed by atoms with van der Waals surface area (Å²) in [5.74, 6) is 1.95. The highest BCUT2D eigenvalue weighted by Crippen LogP contribution is 2.21. The number of amides is 1. The highest BCUT2D eigenvalue weighted by Gasteiger charge is 2.11. The molecular formula is C24H22N6O3. The first kappa shape index (κ1) is 20.5. The van der Waals surface area contributed by atoms with Crippen LogP contribution in [0, 0.1) is 0 Å². The Kier molecular flexibility index (Phi) is 5.83. The van der Waals surface area contributed by atoms with Crippen molar-refractivity contribution in [1.29, 1.82) is 0 Å². The molecule has 0 atom stereocenters. The van der Waals surface area contributed by atoms with E-state index in [4.69, 9.17) is 9.15 Å². The van der Waals surface area contributed by atoms with Gasteiger partial charge in [0.05, 0.1) is 30.9 Å². The second-order valence-electron chi connectivity index (χ2n) is 7.41. The van der Waals surface area contributed by atoms with Gasteiger partial charge in [0.2, 0.25) is 0 Å². The number of benzene rings is 2. The largest absolute Gasteiger partial charge is 0.484 e. The van der Waals surface area contributed by atoms with E-state index >= 15 is 0 Å². The van der Waals surface area contributed by atoms with Crippen molar-refractivity contribution < 1.29 is 13.9 Å². The number of fused-ring (bicyclic) bond motifs is 2. The van der Waals surface area contributed by atoms with Crippen LogP contribution < -0.4 is 15.4 Å². The number of aromatic nitrogens is 4. The molecule has 0 saturated heterocycles. The Labute approximate surface area is 189 Å². The average Bonchev–Trinajstić information content (AvgIpc) is 3.52. The summed E-state index contributed by atoms with van der Waals surface area (Å²) in [7, 11) is 0.